The lowest BCUT2D eigenvalue weighted by molar-refractivity contribution is 0.124. The van der Waals surface area contributed by atoms with Crippen molar-refractivity contribution in [3.63, 3.8) is 0 Å². The fourth-order valence-electron chi connectivity index (χ4n) is 4.56. The number of nitrogen functional groups attached to an aromatic ring is 1. The number of aliphatic hydroxyl groups excluding tert-OH is 1. The van der Waals surface area contributed by atoms with Crippen LogP contribution in [0.1, 0.15) is 25.8 Å². The van der Waals surface area contributed by atoms with Crippen molar-refractivity contribution in [3.8, 4) is 22.8 Å². The van der Waals surface area contributed by atoms with Crippen LogP contribution < -0.4 is 15.8 Å². The number of piperidine rings is 1. The smallest absolute Gasteiger partial charge is 0.319 e. The number of carbonyl (C=O) groups excluding carboxylic acids is 1. The van der Waals surface area contributed by atoms with E-state index in [1.54, 1.807) is 0 Å². The number of hydrogen-bond acceptors (Lipinski definition) is 7. The molecule has 0 spiro atoms. The SMILES string of the molecule is CC(O)NC(=O)N1CCCC(n2nc(-c3ccc(Oc4c(F)c(F)cc(F)c4F)cc3F)c3c(N)ncnc32)C1. The number of halogens is 5. The predicted octanol–water partition coefficient (Wildman–Crippen LogP) is 4.25. The Morgan fingerprint density at radius 3 is 2.52 bits per heavy atom. The maximum Gasteiger partial charge on any atom is 0.319 e. The topological polar surface area (TPSA) is 131 Å². The lowest BCUT2D eigenvalue weighted by atomic mass is 10.1. The fraction of sp³-hybridized carbons (Fsp3) is 0.280. The van der Waals surface area contributed by atoms with Crippen LogP contribution in [-0.4, -0.2) is 55.1 Å². The van der Waals surface area contributed by atoms with Crippen LogP contribution in [0.15, 0.2) is 30.6 Å². The van der Waals surface area contributed by atoms with Crippen LogP contribution in [-0.2, 0) is 0 Å². The third-order valence-corrected chi connectivity index (χ3v) is 6.37. The number of aliphatic hydroxyl groups is 1. The summed E-state index contributed by atoms with van der Waals surface area (Å²) in [6, 6.07) is 2.29. The van der Waals surface area contributed by atoms with Crippen LogP contribution in [0.5, 0.6) is 11.5 Å². The van der Waals surface area contributed by atoms with Crippen molar-refractivity contribution in [3.05, 3.63) is 59.7 Å². The van der Waals surface area contributed by atoms with Gasteiger partial charge in [-0.2, -0.15) is 13.9 Å². The van der Waals surface area contributed by atoms with E-state index in [1.165, 1.54) is 28.9 Å². The number of nitrogens with zero attached hydrogens (tertiary/aromatic N) is 5. The van der Waals surface area contributed by atoms with Crippen molar-refractivity contribution in [1.82, 2.24) is 30.0 Å². The van der Waals surface area contributed by atoms with Crippen molar-refractivity contribution in [1.29, 1.82) is 0 Å². The van der Waals surface area contributed by atoms with Crippen molar-refractivity contribution < 1.29 is 36.6 Å². The van der Waals surface area contributed by atoms with Gasteiger partial charge in [-0.15, -0.1) is 0 Å². The number of rotatable bonds is 5. The molecule has 4 aromatic rings. The summed E-state index contributed by atoms with van der Waals surface area (Å²) in [4.78, 5) is 22.2. The van der Waals surface area contributed by atoms with Gasteiger partial charge in [-0.25, -0.2) is 32.6 Å². The van der Waals surface area contributed by atoms with E-state index in [-0.39, 0.29) is 46.8 Å². The highest BCUT2D eigenvalue weighted by Crippen LogP contribution is 2.37. The first-order chi connectivity index (χ1) is 19.0. The highest BCUT2D eigenvalue weighted by Gasteiger charge is 2.30. The molecule has 2 atom stereocenters. The van der Waals surface area contributed by atoms with E-state index in [2.05, 4.69) is 20.4 Å². The number of likely N-dealkylation sites (tertiary alicyclic amines) is 1. The monoisotopic (exact) mass is 563 g/mol. The molecular weight excluding hydrogens is 541 g/mol. The number of carbonyl (C=O) groups is 1. The lowest BCUT2D eigenvalue weighted by Crippen LogP contribution is -2.48. The predicted molar refractivity (Wildman–Crippen MR) is 132 cm³/mol. The first-order valence-electron chi connectivity index (χ1n) is 12.1. The van der Waals surface area contributed by atoms with Gasteiger partial charge in [-0.3, -0.25) is 0 Å². The summed E-state index contributed by atoms with van der Waals surface area (Å²) in [6.07, 6.45) is 1.40. The number of hydrogen-bond donors (Lipinski definition) is 3. The largest absolute Gasteiger partial charge is 0.451 e. The molecule has 0 saturated carbocycles. The molecular formula is C25H22F5N7O3. The quantitative estimate of drug-likeness (QED) is 0.188. The molecule has 2 amide bonds. The summed E-state index contributed by atoms with van der Waals surface area (Å²) in [6.45, 7) is 2.08. The van der Waals surface area contributed by atoms with Crippen molar-refractivity contribution in [2.75, 3.05) is 18.8 Å². The molecule has 1 saturated heterocycles. The maximum absolute atomic E-state index is 15.4. The summed E-state index contributed by atoms with van der Waals surface area (Å²) in [5, 5.41) is 16.7. The number of amides is 2. The van der Waals surface area contributed by atoms with Crippen LogP contribution in [0.3, 0.4) is 0 Å². The standard InChI is InChI=1S/C25H22F5N7O3/c1-11(38)34-25(39)36-6-2-3-12(9-36)37-24-18(23(31)32-10-33-24)21(35-37)14-5-4-13(7-15(14)26)40-22-19(29)16(27)8-17(28)20(22)30/h4-5,7-8,10-12,38H,2-3,6,9H2,1H3,(H,34,39)(H2,31,32,33). The molecule has 0 radical (unpaired) electrons. The number of ether oxygens (including phenoxy) is 1. The normalized spacial score (nSPS) is 16.3. The zero-order valence-electron chi connectivity index (χ0n) is 20.8. The number of urea groups is 1. The van der Waals surface area contributed by atoms with Crippen molar-refractivity contribution in [2.24, 2.45) is 0 Å². The van der Waals surface area contributed by atoms with Crippen LogP contribution in [0.4, 0.5) is 32.6 Å². The zero-order chi connectivity index (χ0) is 28.7. The molecule has 3 heterocycles. The third kappa shape index (κ3) is 4.95. The van der Waals surface area contributed by atoms with Crippen LogP contribution in [0.2, 0.25) is 0 Å². The Balaban J connectivity index is 1.51. The van der Waals surface area contributed by atoms with Crippen LogP contribution >= 0.6 is 0 Å². The van der Waals surface area contributed by atoms with Gasteiger partial charge in [0.25, 0.3) is 0 Å². The molecule has 1 aliphatic rings. The molecule has 210 valence electrons. The van der Waals surface area contributed by atoms with Gasteiger partial charge in [0.2, 0.25) is 17.4 Å². The molecule has 2 aromatic carbocycles. The van der Waals surface area contributed by atoms with Gasteiger partial charge in [0.15, 0.2) is 17.3 Å². The Morgan fingerprint density at radius 1 is 1.12 bits per heavy atom. The van der Waals surface area contributed by atoms with Gasteiger partial charge < -0.3 is 25.8 Å². The van der Waals surface area contributed by atoms with Crippen LogP contribution in [0.25, 0.3) is 22.3 Å². The van der Waals surface area contributed by atoms with Gasteiger partial charge in [0.05, 0.1) is 11.4 Å². The molecule has 40 heavy (non-hydrogen) atoms. The number of nitrogens with two attached hydrogens (primary N) is 1. The van der Waals surface area contributed by atoms with Crippen LogP contribution in [0, 0.1) is 29.1 Å². The van der Waals surface area contributed by atoms with E-state index in [9.17, 15) is 27.5 Å². The summed E-state index contributed by atoms with van der Waals surface area (Å²) >= 11 is 0. The van der Waals surface area contributed by atoms with Gasteiger partial charge in [-0.05, 0) is 31.9 Å². The van der Waals surface area contributed by atoms with E-state index in [1.807, 2.05) is 0 Å². The number of nitrogens with one attached hydrogen (secondary N) is 1. The number of aromatic nitrogens is 4. The molecule has 0 aliphatic carbocycles. The Morgan fingerprint density at radius 2 is 1.85 bits per heavy atom. The van der Waals surface area contributed by atoms with Gasteiger partial charge in [0, 0.05) is 30.8 Å². The summed E-state index contributed by atoms with van der Waals surface area (Å²) in [5.74, 6) is -9.66. The van der Waals surface area contributed by atoms with Gasteiger partial charge in [0.1, 0.15) is 35.6 Å². The third-order valence-electron chi connectivity index (χ3n) is 6.37. The number of anilines is 1. The first kappa shape index (κ1) is 27.1. The van der Waals surface area contributed by atoms with Crippen molar-refractivity contribution in [2.45, 2.75) is 32.0 Å². The Bertz CT molecular complexity index is 1590. The average Bonchev–Trinajstić information content (AvgIpc) is 3.30. The summed E-state index contributed by atoms with van der Waals surface area (Å²) < 4.78 is 77.0. The second-order valence-corrected chi connectivity index (χ2v) is 9.16. The maximum atomic E-state index is 15.4. The van der Waals surface area contributed by atoms with E-state index < -0.39 is 52.8 Å². The second-order valence-electron chi connectivity index (χ2n) is 9.16. The van der Waals surface area contributed by atoms with E-state index >= 15 is 4.39 Å². The molecule has 5 rings (SSSR count). The minimum Gasteiger partial charge on any atom is -0.451 e. The van der Waals surface area contributed by atoms with Crippen molar-refractivity contribution >= 4 is 22.9 Å². The minimum atomic E-state index is -1.78. The Hall–Kier alpha value is -4.53. The number of fused-ring (bicyclic) bond motifs is 1. The van der Waals surface area contributed by atoms with E-state index in [0.29, 0.717) is 19.4 Å². The van der Waals surface area contributed by atoms with E-state index in [0.717, 1.165) is 12.1 Å². The fourth-order valence-corrected chi connectivity index (χ4v) is 4.56. The molecule has 4 N–H and O–H groups in total. The zero-order valence-corrected chi connectivity index (χ0v) is 20.8. The molecule has 2 aromatic heterocycles. The molecule has 15 heteroatoms. The summed E-state index contributed by atoms with van der Waals surface area (Å²) in [5.41, 5.74) is 6.34. The van der Waals surface area contributed by atoms with E-state index in [4.69, 9.17) is 10.5 Å². The van der Waals surface area contributed by atoms with Gasteiger partial charge in [-0.1, -0.05) is 0 Å². The second kappa shape index (κ2) is 10.6. The molecule has 1 aliphatic heterocycles. The number of benzene rings is 2. The first-order valence-corrected chi connectivity index (χ1v) is 12.1. The average molecular weight is 563 g/mol. The minimum absolute atomic E-state index is 0.00451. The highest BCUT2D eigenvalue weighted by atomic mass is 19.2. The van der Waals surface area contributed by atoms with Gasteiger partial charge >= 0.3 is 6.03 Å². The lowest BCUT2D eigenvalue weighted by Gasteiger charge is -2.33. The Kier molecular flexibility index (Phi) is 7.14. The molecule has 2 unspecified atom stereocenters. The molecule has 1 fully saturated rings. The molecule has 10 nitrogen and oxygen atoms in total. The highest BCUT2D eigenvalue weighted by molar-refractivity contribution is 5.98. The molecule has 0 bridgehead atoms. The Labute approximate surface area is 223 Å². The summed E-state index contributed by atoms with van der Waals surface area (Å²) in [7, 11) is 0.